The number of fused-ring (bicyclic) bond motifs is 1. The van der Waals surface area contributed by atoms with E-state index in [-0.39, 0.29) is 11.6 Å². The van der Waals surface area contributed by atoms with E-state index in [0.717, 1.165) is 5.69 Å². The van der Waals surface area contributed by atoms with Gasteiger partial charge in [-0.3, -0.25) is 4.79 Å². The second kappa shape index (κ2) is 2.65. The Hall–Kier alpha value is -1.71. The third-order valence-electron chi connectivity index (χ3n) is 1.86. The number of ketones is 1. The Morgan fingerprint density at radius 3 is 2.85 bits per heavy atom. The second-order valence-electron chi connectivity index (χ2n) is 2.93. The lowest BCUT2D eigenvalue weighted by atomic mass is 10.4. The van der Waals surface area contributed by atoms with Gasteiger partial charge in [-0.05, 0) is 19.1 Å². The van der Waals surface area contributed by atoms with Gasteiger partial charge in [0.15, 0.2) is 11.4 Å². The fraction of sp³-hybridized carbons (Fsp3) is 0.222. The van der Waals surface area contributed by atoms with Crippen molar-refractivity contribution in [1.29, 1.82) is 0 Å². The van der Waals surface area contributed by atoms with Crippen LogP contribution in [-0.2, 0) is 0 Å². The van der Waals surface area contributed by atoms with Crippen LogP contribution in [0.2, 0.25) is 0 Å². The number of carbonyl (C=O) groups is 1. The normalized spacial score (nSPS) is 10.6. The summed E-state index contributed by atoms with van der Waals surface area (Å²) in [5.74, 6) is 0.164. The van der Waals surface area contributed by atoms with E-state index < -0.39 is 0 Å². The van der Waals surface area contributed by atoms with Crippen molar-refractivity contribution in [2.45, 2.75) is 13.8 Å². The number of hydrogen-bond donors (Lipinski definition) is 0. The van der Waals surface area contributed by atoms with Gasteiger partial charge in [-0.15, -0.1) is 5.10 Å². The number of rotatable bonds is 1. The molecule has 2 heterocycles. The second-order valence-corrected chi connectivity index (χ2v) is 2.93. The summed E-state index contributed by atoms with van der Waals surface area (Å²) in [6.07, 6.45) is 0. The molecule has 0 aliphatic carbocycles. The lowest BCUT2D eigenvalue weighted by Crippen LogP contribution is -1.96. The molecule has 0 saturated carbocycles. The summed E-state index contributed by atoms with van der Waals surface area (Å²) in [6, 6.07) is 5.64. The molecule has 0 saturated heterocycles. The van der Waals surface area contributed by atoms with Crippen LogP contribution in [0.25, 0.3) is 5.65 Å². The Labute approximate surface area is 75.2 Å². The molecule has 0 spiro atoms. The van der Waals surface area contributed by atoms with E-state index in [1.165, 1.54) is 6.92 Å². The van der Waals surface area contributed by atoms with Crippen LogP contribution >= 0.6 is 0 Å². The van der Waals surface area contributed by atoms with Crippen LogP contribution in [0.4, 0.5) is 0 Å². The highest BCUT2D eigenvalue weighted by molar-refractivity contribution is 5.90. The molecule has 0 amide bonds. The maximum atomic E-state index is 11.0. The van der Waals surface area contributed by atoms with E-state index in [2.05, 4.69) is 10.1 Å². The largest absolute Gasteiger partial charge is 0.291 e. The van der Waals surface area contributed by atoms with Gasteiger partial charge in [0.25, 0.3) is 0 Å². The van der Waals surface area contributed by atoms with Gasteiger partial charge in [0.2, 0.25) is 5.82 Å². The summed E-state index contributed by atoms with van der Waals surface area (Å²) in [5.41, 5.74) is 1.68. The van der Waals surface area contributed by atoms with Crippen LogP contribution in [0.3, 0.4) is 0 Å². The van der Waals surface area contributed by atoms with Gasteiger partial charge in [0.05, 0.1) is 0 Å². The van der Waals surface area contributed by atoms with Crippen molar-refractivity contribution in [3.05, 3.63) is 29.7 Å². The molecular formula is C9H9N3O. The van der Waals surface area contributed by atoms with Crippen molar-refractivity contribution in [3.8, 4) is 0 Å². The fourth-order valence-corrected chi connectivity index (χ4v) is 1.18. The van der Waals surface area contributed by atoms with Gasteiger partial charge in [0.1, 0.15) is 0 Å². The smallest absolute Gasteiger partial charge is 0.217 e. The van der Waals surface area contributed by atoms with E-state index in [0.29, 0.717) is 5.65 Å². The Kier molecular flexibility index (Phi) is 1.62. The number of carbonyl (C=O) groups excluding carboxylic acids is 1. The molecule has 66 valence electrons. The van der Waals surface area contributed by atoms with Gasteiger partial charge < -0.3 is 0 Å². The Morgan fingerprint density at radius 2 is 2.23 bits per heavy atom. The van der Waals surface area contributed by atoms with Crippen molar-refractivity contribution in [2.24, 2.45) is 0 Å². The molecule has 0 atom stereocenters. The number of pyridine rings is 1. The van der Waals surface area contributed by atoms with Crippen LogP contribution in [0.5, 0.6) is 0 Å². The van der Waals surface area contributed by atoms with Crippen molar-refractivity contribution < 1.29 is 4.79 Å². The van der Waals surface area contributed by atoms with Gasteiger partial charge in [0, 0.05) is 12.6 Å². The number of aromatic nitrogens is 3. The topological polar surface area (TPSA) is 47.3 Å². The number of Topliss-reactive ketones (excluding diaryl/α,β-unsaturated/α-hetero) is 1. The van der Waals surface area contributed by atoms with Crippen molar-refractivity contribution in [2.75, 3.05) is 0 Å². The van der Waals surface area contributed by atoms with Crippen LogP contribution in [0, 0.1) is 6.92 Å². The molecule has 0 fully saturated rings. The molecule has 2 aromatic rings. The van der Waals surface area contributed by atoms with Crippen molar-refractivity contribution in [1.82, 2.24) is 14.6 Å². The molecule has 0 radical (unpaired) electrons. The monoisotopic (exact) mass is 175 g/mol. The van der Waals surface area contributed by atoms with Gasteiger partial charge in [-0.25, -0.2) is 9.50 Å². The molecule has 0 aliphatic rings. The van der Waals surface area contributed by atoms with E-state index >= 15 is 0 Å². The third kappa shape index (κ3) is 1.20. The molecule has 0 bridgehead atoms. The molecule has 4 heteroatoms. The highest BCUT2D eigenvalue weighted by atomic mass is 16.1. The summed E-state index contributed by atoms with van der Waals surface area (Å²) in [4.78, 5) is 15.1. The predicted octanol–water partition coefficient (Wildman–Crippen LogP) is 1.24. The average molecular weight is 175 g/mol. The van der Waals surface area contributed by atoms with E-state index in [1.54, 1.807) is 4.52 Å². The predicted molar refractivity (Wildman–Crippen MR) is 47.7 cm³/mol. The van der Waals surface area contributed by atoms with Crippen LogP contribution < -0.4 is 0 Å². The summed E-state index contributed by atoms with van der Waals surface area (Å²) in [7, 11) is 0. The fourth-order valence-electron chi connectivity index (χ4n) is 1.18. The quantitative estimate of drug-likeness (QED) is 0.612. The van der Waals surface area contributed by atoms with Gasteiger partial charge in [-0.2, -0.15) is 0 Å². The lowest BCUT2D eigenvalue weighted by Gasteiger charge is -1.93. The minimum absolute atomic E-state index is 0.108. The highest BCUT2D eigenvalue weighted by Gasteiger charge is 2.07. The van der Waals surface area contributed by atoms with E-state index in [4.69, 9.17) is 0 Å². The van der Waals surface area contributed by atoms with Crippen molar-refractivity contribution in [3.63, 3.8) is 0 Å². The summed E-state index contributed by atoms with van der Waals surface area (Å²) >= 11 is 0. The summed E-state index contributed by atoms with van der Waals surface area (Å²) < 4.78 is 1.66. The average Bonchev–Trinajstić information content (AvgIpc) is 2.49. The first-order chi connectivity index (χ1) is 6.18. The molecule has 13 heavy (non-hydrogen) atoms. The Bertz CT molecular complexity index is 473. The zero-order valence-electron chi connectivity index (χ0n) is 7.48. The highest BCUT2D eigenvalue weighted by Crippen LogP contribution is 2.04. The molecule has 0 N–H and O–H groups in total. The van der Waals surface area contributed by atoms with Crippen LogP contribution in [0.15, 0.2) is 18.2 Å². The third-order valence-corrected chi connectivity index (χ3v) is 1.86. The van der Waals surface area contributed by atoms with Crippen molar-refractivity contribution >= 4 is 11.4 Å². The summed E-state index contributed by atoms with van der Waals surface area (Å²) in [6.45, 7) is 3.38. The minimum Gasteiger partial charge on any atom is -0.291 e. The first kappa shape index (κ1) is 7.91. The molecule has 0 aromatic carbocycles. The number of aryl methyl sites for hydroxylation is 1. The first-order valence-electron chi connectivity index (χ1n) is 4.02. The standard InChI is InChI=1S/C9H9N3O/c1-6-4-3-5-8-10-9(7(2)13)11-12(6)8/h3-5H,1-2H3. The van der Waals surface area contributed by atoms with Crippen LogP contribution in [-0.4, -0.2) is 20.4 Å². The zero-order chi connectivity index (χ0) is 9.42. The number of hydrogen-bond acceptors (Lipinski definition) is 3. The molecule has 4 nitrogen and oxygen atoms in total. The molecule has 0 aliphatic heterocycles. The lowest BCUT2D eigenvalue weighted by molar-refractivity contribution is 0.100. The molecular weight excluding hydrogens is 166 g/mol. The maximum absolute atomic E-state index is 11.0. The number of nitrogens with zero attached hydrogens (tertiary/aromatic N) is 3. The van der Waals surface area contributed by atoms with Gasteiger partial charge in [-0.1, -0.05) is 6.07 Å². The Morgan fingerprint density at radius 1 is 1.46 bits per heavy atom. The first-order valence-corrected chi connectivity index (χ1v) is 4.02. The zero-order valence-corrected chi connectivity index (χ0v) is 7.48. The van der Waals surface area contributed by atoms with E-state index in [1.807, 2.05) is 25.1 Å². The van der Waals surface area contributed by atoms with E-state index in [9.17, 15) is 4.79 Å². The van der Waals surface area contributed by atoms with Gasteiger partial charge >= 0.3 is 0 Å². The SMILES string of the molecule is CC(=O)c1nc2cccc(C)n2n1. The minimum atomic E-state index is -0.108. The Balaban J connectivity index is 2.75. The summed E-state index contributed by atoms with van der Waals surface area (Å²) in [5, 5.41) is 4.07. The molecule has 2 aromatic heterocycles. The molecule has 0 unspecified atom stereocenters. The maximum Gasteiger partial charge on any atom is 0.217 e. The molecule has 2 rings (SSSR count). The van der Waals surface area contributed by atoms with Crippen LogP contribution in [0.1, 0.15) is 23.2 Å².